The van der Waals surface area contributed by atoms with Crippen LogP contribution in [0.5, 0.6) is 0 Å². The summed E-state index contributed by atoms with van der Waals surface area (Å²) in [6.45, 7) is 7.41. The van der Waals surface area contributed by atoms with E-state index in [1.807, 2.05) is 33.8 Å². The predicted octanol–water partition coefficient (Wildman–Crippen LogP) is 1.18. The Bertz CT molecular complexity index is 377. The Labute approximate surface area is 95.5 Å². The van der Waals surface area contributed by atoms with Crippen LogP contribution in [0.25, 0.3) is 0 Å². The lowest BCUT2D eigenvalue weighted by Gasteiger charge is -2.19. The Kier molecular flexibility index (Phi) is 3.57. The lowest BCUT2D eigenvalue weighted by Crippen LogP contribution is -2.24. The molecule has 0 bridgehead atoms. The molecule has 0 aliphatic heterocycles. The average Bonchev–Trinajstić information content (AvgIpc) is 2.38. The van der Waals surface area contributed by atoms with E-state index in [0.29, 0.717) is 12.8 Å². The van der Waals surface area contributed by atoms with E-state index in [1.54, 1.807) is 0 Å². The highest BCUT2D eigenvalue weighted by Crippen LogP contribution is 2.10. The lowest BCUT2D eigenvalue weighted by molar-refractivity contribution is -0.154. The Balaban J connectivity index is 2.46. The van der Waals surface area contributed by atoms with Crippen LogP contribution in [0.1, 0.15) is 38.6 Å². The summed E-state index contributed by atoms with van der Waals surface area (Å²) in [5.74, 6) is 5.39. The number of nitrogen functional groups attached to an aromatic ring is 1. The first-order valence-corrected chi connectivity index (χ1v) is 5.30. The highest BCUT2D eigenvalue weighted by Gasteiger charge is 2.16. The van der Waals surface area contributed by atoms with E-state index in [9.17, 15) is 4.79 Å². The largest absolute Gasteiger partial charge is 0.460 e. The Morgan fingerprint density at radius 1 is 1.56 bits per heavy atom. The lowest BCUT2D eigenvalue weighted by atomic mass is 10.2. The molecule has 0 unspecified atom stereocenters. The standard InChI is InChI=1S/C11H19N3O2/c1-8-7-9(14(12)13-8)5-6-10(15)16-11(2,3)4/h7H,5-6,12H2,1-4H3. The zero-order valence-corrected chi connectivity index (χ0v) is 10.3. The molecule has 1 aromatic rings. The van der Waals surface area contributed by atoms with Crippen molar-refractivity contribution >= 4 is 5.97 Å². The van der Waals surface area contributed by atoms with E-state index < -0.39 is 5.60 Å². The van der Waals surface area contributed by atoms with Crippen molar-refractivity contribution in [3.05, 3.63) is 17.5 Å². The molecule has 5 nitrogen and oxygen atoms in total. The summed E-state index contributed by atoms with van der Waals surface area (Å²) >= 11 is 0. The van der Waals surface area contributed by atoms with Crippen LogP contribution >= 0.6 is 0 Å². The third kappa shape index (κ3) is 3.92. The van der Waals surface area contributed by atoms with Crippen LogP contribution < -0.4 is 5.84 Å². The first kappa shape index (κ1) is 12.5. The summed E-state index contributed by atoms with van der Waals surface area (Å²) in [5.41, 5.74) is 1.25. The molecule has 1 heterocycles. The number of ether oxygens (including phenoxy) is 1. The number of hydrogen-bond donors (Lipinski definition) is 1. The minimum Gasteiger partial charge on any atom is -0.460 e. The van der Waals surface area contributed by atoms with Crippen LogP contribution in [0, 0.1) is 6.92 Å². The van der Waals surface area contributed by atoms with Crippen molar-refractivity contribution in [1.29, 1.82) is 0 Å². The molecule has 1 aromatic heterocycles. The predicted molar refractivity (Wildman–Crippen MR) is 61.3 cm³/mol. The number of carbonyl (C=O) groups excluding carboxylic acids is 1. The zero-order chi connectivity index (χ0) is 12.3. The summed E-state index contributed by atoms with van der Waals surface area (Å²) in [7, 11) is 0. The van der Waals surface area contributed by atoms with E-state index in [2.05, 4.69) is 5.10 Å². The quantitative estimate of drug-likeness (QED) is 0.619. The minimum absolute atomic E-state index is 0.216. The third-order valence-electron chi connectivity index (χ3n) is 1.94. The monoisotopic (exact) mass is 225 g/mol. The maximum absolute atomic E-state index is 11.5. The van der Waals surface area contributed by atoms with Gasteiger partial charge in [0.1, 0.15) is 5.60 Å². The molecular weight excluding hydrogens is 206 g/mol. The second-order valence-corrected chi connectivity index (χ2v) is 4.81. The van der Waals surface area contributed by atoms with Gasteiger partial charge in [-0.05, 0) is 33.8 Å². The molecule has 0 aliphatic carbocycles. The fourth-order valence-corrected chi connectivity index (χ4v) is 1.38. The van der Waals surface area contributed by atoms with Gasteiger partial charge < -0.3 is 10.6 Å². The van der Waals surface area contributed by atoms with Gasteiger partial charge in [0, 0.05) is 6.42 Å². The maximum Gasteiger partial charge on any atom is 0.306 e. The van der Waals surface area contributed by atoms with Crippen molar-refractivity contribution in [2.45, 2.75) is 46.1 Å². The van der Waals surface area contributed by atoms with Crippen LogP contribution in [0.15, 0.2) is 6.07 Å². The van der Waals surface area contributed by atoms with Gasteiger partial charge in [0.15, 0.2) is 0 Å². The molecule has 0 aromatic carbocycles. The van der Waals surface area contributed by atoms with Gasteiger partial charge in [-0.3, -0.25) is 4.79 Å². The van der Waals surface area contributed by atoms with E-state index in [-0.39, 0.29) is 5.97 Å². The number of esters is 1. The molecule has 0 amide bonds. The first-order valence-electron chi connectivity index (χ1n) is 5.30. The molecule has 0 saturated heterocycles. The van der Waals surface area contributed by atoms with Gasteiger partial charge >= 0.3 is 5.97 Å². The highest BCUT2D eigenvalue weighted by molar-refractivity contribution is 5.70. The summed E-state index contributed by atoms with van der Waals surface area (Å²) in [4.78, 5) is 12.8. The molecule has 0 atom stereocenters. The summed E-state index contributed by atoms with van der Waals surface area (Å²) in [6, 6.07) is 1.87. The molecule has 16 heavy (non-hydrogen) atoms. The van der Waals surface area contributed by atoms with Crippen LogP contribution in [0.4, 0.5) is 0 Å². The normalized spacial score (nSPS) is 11.5. The Hall–Kier alpha value is -1.52. The molecule has 1 rings (SSSR count). The highest BCUT2D eigenvalue weighted by atomic mass is 16.6. The van der Waals surface area contributed by atoms with E-state index in [0.717, 1.165) is 11.4 Å². The summed E-state index contributed by atoms with van der Waals surface area (Å²) in [5, 5.41) is 4.01. The zero-order valence-electron chi connectivity index (χ0n) is 10.3. The average molecular weight is 225 g/mol. The van der Waals surface area contributed by atoms with Crippen LogP contribution in [-0.2, 0) is 16.0 Å². The van der Waals surface area contributed by atoms with Gasteiger partial charge in [-0.2, -0.15) is 9.89 Å². The molecular formula is C11H19N3O2. The van der Waals surface area contributed by atoms with Crippen molar-refractivity contribution in [1.82, 2.24) is 9.89 Å². The van der Waals surface area contributed by atoms with Gasteiger partial charge in [0.25, 0.3) is 0 Å². The van der Waals surface area contributed by atoms with Crippen LogP contribution in [0.3, 0.4) is 0 Å². The molecule has 90 valence electrons. The number of aromatic nitrogens is 2. The molecule has 0 radical (unpaired) electrons. The van der Waals surface area contributed by atoms with Crippen LogP contribution in [-0.4, -0.2) is 21.5 Å². The number of rotatable bonds is 3. The van der Waals surface area contributed by atoms with Crippen molar-refractivity contribution in [2.75, 3.05) is 5.84 Å². The number of nitrogens with two attached hydrogens (primary N) is 1. The number of hydrogen-bond acceptors (Lipinski definition) is 4. The summed E-state index contributed by atoms with van der Waals surface area (Å²) < 4.78 is 5.20. The number of nitrogens with zero attached hydrogens (tertiary/aromatic N) is 2. The molecule has 2 N–H and O–H groups in total. The fraction of sp³-hybridized carbons (Fsp3) is 0.636. The first-order chi connectivity index (χ1) is 7.28. The van der Waals surface area contributed by atoms with Crippen molar-refractivity contribution in [2.24, 2.45) is 0 Å². The van der Waals surface area contributed by atoms with E-state index >= 15 is 0 Å². The van der Waals surface area contributed by atoms with Crippen molar-refractivity contribution in [3.8, 4) is 0 Å². The summed E-state index contributed by atoms with van der Waals surface area (Å²) in [6.07, 6.45) is 0.867. The minimum atomic E-state index is -0.435. The van der Waals surface area contributed by atoms with E-state index in [4.69, 9.17) is 10.6 Å². The second kappa shape index (κ2) is 4.55. The molecule has 0 spiro atoms. The van der Waals surface area contributed by atoms with Gasteiger partial charge in [-0.25, -0.2) is 0 Å². The molecule has 5 heteroatoms. The Morgan fingerprint density at radius 3 is 2.62 bits per heavy atom. The third-order valence-corrected chi connectivity index (χ3v) is 1.94. The molecule has 0 fully saturated rings. The maximum atomic E-state index is 11.5. The fourth-order valence-electron chi connectivity index (χ4n) is 1.38. The van der Waals surface area contributed by atoms with Gasteiger partial charge in [0.2, 0.25) is 0 Å². The van der Waals surface area contributed by atoms with Crippen LogP contribution in [0.2, 0.25) is 0 Å². The van der Waals surface area contributed by atoms with Gasteiger partial charge in [-0.1, -0.05) is 0 Å². The van der Waals surface area contributed by atoms with Gasteiger partial charge in [0.05, 0.1) is 17.8 Å². The van der Waals surface area contributed by atoms with E-state index in [1.165, 1.54) is 4.79 Å². The Morgan fingerprint density at radius 2 is 2.19 bits per heavy atom. The van der Waals surface area contributed by atoms with Gasteiger partial charge in [-0.15, -0.1) is 0 Å². The second-order valence-electron chi connectivity index (χ2n) is 4.81. The molecule has 0 aliphatic rings. The van der Waals surface area contributed by atoms with Crippen molar-refractivity contribution in [3.63, 3.8) is 0 Å². The van der Waals surface area contributed by atoms with Crippen molar-refractivity contribution < 1.29 is 9.53 Å². The number of aryl methyl sites for hydroxylation is 2. The molecule has 0 saturated carbocycles. The topological polar surface area (TPSA) is 70.1 Å². The number of carbonyl (C=O) groups is 1. The smallest absolute Gasteiger partial charge is 0.306 e. The SMILES string of the molecule is Cc1cc(CCC(=O)OC(C)(C)C)n(N)n1.